The predicted octanol–water partition coefficient (Wildman–Crippen LogP) is 2.00. The molecule has 0 aliphatic carbocycles. The minimum Gasteiger partial charge on any atom is -0.376 e. The first-order chi connectivity index (χ1) is 11.2. The number of pyridine rings is 1. The van der Waals surface area contributed by atoms with Crippen LogP contribution in [0.15, 0.2) is 36.8 Å². The molecule has 2 aromatic rings. The molecular formula is C17H20N4O2. The van der Waals surface area contributed by atoms with Gasteiger partial charge < -0.3 is 9.64 Å². The zero-order valence-corrected chi connectivity index (χ0v) is 13.2. The maximum absolute atomic E-state index is 12.8. The van der Waals surface area contributed by atoms with E-state index in [0.717, 1.165) is 25.0 Å². The first kappa shape index (κ1) is 15.6. The van der Waals surface area contributed by atoms with E-state index in [1.807, 2.05) is 12.1 Å². The monoisotopic (exact) mass is 312 g/mol. The third-order valence-electron chi connectivity index (χ3n) is 3.83. The molecule has 1 atom stereocenters. The maximum Gasteiger partial charge on any atom is 0.272 e. The van der Waals surface area contributed by atoms with Gasteiger partial charge in [0.15, 0.2) is 0 Å². The predicted molar refractivity (Wildman–Crippen MR) is 84.7 cm³/mol. The molecule has 0 bridgehead atoms. The molecule has 1 saturated heterocycles. The van der Waals surface area contributed by atoms with E-state index in [1.165, 1.54) is 0 Å². The molecule has 1 aliphatic rings. The van der Waals surface area contributed by atoms with Crippen LogP contribution in [0.3, 0.4) is 0 Å². The van der Waals surface area contributed by atoms with Crippen LogP contribution in [0.2, 0.25) is 0 Å². The highest BCUT2D eigenvalue weighted by molar-refractivity contribution is 5.92. The third kappa shape index (κ3) is 4.10. The van der Waals surface area contributed by atoms with Crippen LogP contribution in [0, 0.1) is 6.92 Å². The number of aromatic nitrogens is 3. The van der Waals surface area contributed by atoms with Gasteiger partial charge in [-0.1, -0.05) is 6.07 Å². The molecule has 0 radical (unpaired) electrons. The smallest absolute Gasteiger partial charge is 0.272 e. The van der Waals surface area contributed by atoms with E-state index < -0.39 is 0 Å². The lowest BCUT2D eigenvalue weighted by molar-refractivity contribution is 0.0502. The quantitative estimate of drug-likeness (QED) is 0.844. The van der Waals surface area contributed by atoms with E-state index in [1.54, 1.807) is 36.5 Å². The first-order valence-electron chi connectivity index (χ1n) is 7.82. The Morgan fingerprint density at radius 1 is 1.39 bits per heavy atom. The Morgan fingerprint density at radius 2 is 2.30 bits per heavy atom. The molecule has 1 fully saturated rings. The summed E-state index contributed by atoms with van der Waals surface area (Å²) in [6, 6.07) is 5.49. The molecule has 23 heavy (non-hydrogen) atoms. The number of amides is 1. The highest BCUT2D eigenvalue weighted by atomic mass is 16.5. The standard InChI is InChI=1S/C17H20N4O2/c1-13-19-8-6-16(20-13)17(22)21(12-15-5-3-9-23-15)11-14-4-2-7-18-10-14/h2,4,6-8,10,15H,3,5,9,11-12H2,1H3/t15-/m1/s1. The van der Waals surface area contributed by atoms with Crippen LogP contribution in [0.25, 0.3) is 0 Å². The Kier molecular flexibility index (Phi) is 4.92. The third-order valence-corrected chi connectivity index (χ3v) is 3.83. The average molecular weight is 312 g/mol. The van der Waals surface area contributed by atoms with Crippen LogP contribution in [0.5, 0.6) is 0 Å². The number of rotatable bonds is 5. The summed E-state index contributed by atoms with van der Waals surface area (Å²) in [7, 11) is 0. The van der Waals surface area contributed by atoms with Crippen LogP contribution in [-0.4, -0.2) is 45.0 Å². The Morgan fingerprint density at radius 3 is 3.00 bits per heavy atom. The molecule has 120 valence electrons. The number of nitrogens with zero attached hydrogens (tertiary/aromatic N) is 4. The molecule has 0 N–H and O–H groups in total. The zero-order chi connectivity index (χ0) is 16.1. The summed E-state index contributed by atoms with van der Waals surface area (Å²) >= 11 is 0. The number of hydrogen-bond donors (Lipinski definition) is 0. The SMILES string of the molecule is Cc1nccc(C(=O)N(Cc2cccnc2)C[C@H]2CCCO2)n1. The van der Waals surface area contributed by atoms with E-state index in [9.17, 15) is 4.79 Å². The minimum absolute atomic E-state index is 0.0959. The lowest BCUT2D eigenvalue weighted by Crippen LogP contribution is -2.37. The topological polar surface area (TPSA) is 68.2 Å². The van der Waals surface area contributed by atoms with Gasteiger partial charge in [0.1, 0.15) is 11.5 Å². The van der Waals surface area contributed by atoms with E-state index >= 15 is 0 Å². The van der Waals surface area contributed by atoms with Crippen LogP contribution in [-0.2, 0) is 11.3 Å². The van der Waals surface area contributed by atoms with Gasteiger partial charge in [-0.2, -0.15) is 0 Å². The van der Waals surface area contributed by atoms with Gasteiger partial charge in [-0.3, -0.25) is 9.78 Å². The van der Waals surface area contributed by atoms with Gasteiger partial charge >= 0.3 is 0 Å². The summed E-state index contributed by atoms with van der Waals surface area (Å²) in [6.45, 7) is 3.61. The van der Waals surface area contributed by atoms with E-state index in [0.29, 0.717) is 24.6 Å². The van der Waals surface area contributed by atoms with Gasteiger partial charge in [0.2, 0.25) is 0 Å². The van der Waals surface area contributed by atoms with Gasteiger partial charge in [-0.15, -0.1) is 0 Å². The number of aryl methyl sites for hydroxylation is 1. The largest absolute Gasteiger partial charge is 0.376 e. The van der Waals surface area contributed by atoms with Crippen molar-refractivity contribution in [1.82, 2.24) is 19.9 Å². The Labute approximate surface area is 135 Å². The van der Waals surface area contributed by atoms with Crippen LogP contribution in [0.1, 0.15) is 34.7 Å². The van der Waals surface area contributed by atoms with E-state index in [4.69, 9.17) is 4.74 Å². The van der Waals surface area contributed by atoms with Gasteiger partial charge in [0.05, 0.1) is 6.10 Å². The molecule has 1 amide bonds. The average Bonchev–Trinajstić information content (AvgIpc) is 3.08. The molecule has 6 heteroatoms. The molecule has 0 spiro atoms. The van der Waals surface area contributed by atoms with Crippen LogP contribution >= 0.6 is 0 Å². The first-order valence-corrected chi connectivity index (χ1v) is 7.82. The van der Waals surface area contributed by atoms with Crippen molar-refractivity contribution < 1.29 is 9.53 Å². The molecule has 3 rings (SSSR count). The summed E-state index contributed by atoms with van der Waals surface area (Å²) in [5, 5.41) is 0. The fourth-order valence-electron chi connectivity index (χ4n) is 2.70. The lowest BCUT2D eigenvalue weighted by atomic mass is 10.2. The van der Waals surface area contributed by atoms with Crippen molar-refractivity contribution in [2.75, 3.05) is 13.2 Å². The second-order valence-corrected chi connectivity index (χ2v) is 5.67. The molecule has 0 aromatic carbocycles. The minimum atomic E-state index is -0.102. The summed E-state index contributed by atoms with van der Waals surface area (Å²) in [6.07, 6.45) is 7.25. The highest BCUT2D eigenvalue weighted by Gasteiger charge is 2.24. The Balaban J connectivity index is 1.79. The summed E-state index contributed by atoms with van der Waals surface area (Å²) in [4.78, 5) is 27.1. The van der Waals surface area contributed by atoms with Crippen molar-refractivity contribution >= 4 is 5.91 Å². The normalized spacial score (nSPS) is 17.2. The summed E-state index contributed by atoms with van der Waals surface area (Å²) in [5.41, 5.74) is 1.41. The Bertz CT molecular complexity index is 657. The molecule has 6 nitrogen and oxygen atoms in total. The molecule has 0 saturated carbocycles. The lowest BCUT2D eigenvalue weighted by Gasteiger charge is -2.25. The second kappa shape index (κ2) is 7.28. The van der Waals surface area contributed by atoms with Crippen molar-refractivity contribution in [3.63, 3.8) is 0 Å². The van der Waals surface area contributed by atoms with Crippen LogP contribution in [0.4, 0.5) is 0 Å². The number of hydrogen-bond acceptors (Lipinski definition) is 5. The van der Waals surface area contributed by atoms with Crippen molar-refractivity contribution in [1.29, 1.82) is 0 Å². The molecule has 0 unspecified atom stereocenters. The van der Waals surface area contributed by atoms with Gasteiger partial charge in [-0.25, -0.2) is 9.97 Å². The van der Waals surface area contributed by atoms with Crippen LogP contribution < -0.4 is 0 Å². The van der Waals surface area contributed by atoms with Crippen molar-refractivity contribution in [3.05, 3.63) is 53.9 Å². The molecule has 1 aliphatic heterocycles. The highest BCUT2D eigenvalue weighted by Crippen LogP contribution is 2.16. The summed E-state index contributed by atoms with van der Waals surface area (Å²) in [5.74, 6) is 0.490. The fraction of sp³-hybridized carbons (Fsp3) is 0.412. The van der Waals surface area contributed by atoms with Gasteiger partial charge in [0.25, 0.3) is 5.91 Å². The maximum atomic E-state index is 12.8. The second-order valence-electron chi connectivity index (χ2n) is 5.67. The summed E-state index contributed by atoms with van der Waals surface area (Å²) < 4.78 is 5.69. The van der Waals surface area contributed by atoms with Gasteiger partial charge in [0, 0.05) is 38.3 Å². The fourth-order valence-corrected chi connectivity index (χ4v) is 2.70. The van der Waals surface area contributed by atoms with Crippen molar-refractivity contribution in [3.8, 4) is 0 Å². The van der Waals surface area contributed by atoms with E-state index in [2.05, 4.69) is 15.0 Å². The number of carbonyl (C=O) groups is 1. The number of ether oxygens (including phenoxy) is 1. The molecular weight excluding hydrogens is 292 g/mol. The molecule has 3 heterocycles. The Hall–Kier alpha value is -2.34. The van der Waals surface area contributed by atoms with E-state index in [-0.39, 0.29) is 12.0 Å². The van der Waals surface area contributed by atoms with Crippen molar-refractivity contribution in [2.45, 2.75) is 32.4 Å². The molecule has 2 aromatic heterocycles. The van der Waals surface area contributed by atoms with Crippen molar-refractivity contribution in [2.24, 2.45) is 0 Å². The number of carbonyl (C=O) groups excluding carboxylic acids is 1. The zero-order valence-electron chi connectivity index (χ0n) is 13.2. The van der Waals surface area contributed by atoms with Gasteiger partial charge in [-0.05, 0) is 37.5 Å².